The molecule has 1 aromatic heterocycles. The van der Waals surface area contributed by atoms with Crippen molar-refractivity contribution in [1.29, 1.82) is 0 Å². The van der Waals surface area contributed by atoms with E-state index in [1.807, 2.05) is 54.6 Å². The monoisotopic (exact) mass is 361 g/mol. The lowest BCUT2D eigenvalue weighted by atomic mass is 10.1. The zero-order valence-electron chi connectivity index (χ0n) is 15.3. The van der Waals surface area contributed by atoms with Gasteiger partial charge in [0.05, 0.1) is 7.11 Å². The first-order chi connectivity index (χ1) is 13.2. The number of benzene rings is 2. The number of pyridine rings is 1. The molecule has 2 N–H and O–H groups in total. The van der Waals surface area contributed by atoms with Crippen LogP contribution in [0.2, 0.25) is 0 Å². The second-order valence-corrected chi connectivity index (χ2v) is 6.13. The molecule has 138 valence electrons. The van der Waals surface area contributed by atoms with Gasteiger partial charge in [-0.2, -0.15) is 0 Å². The van der Waals surface area contributed by atoms with Crippen LogP contribution < -0.4 is 15.4 Å². The van der Waals surface area contributed by atoms with E-state index >= 15 is 0 Å². The molecular formula is C22H23N3O2. The molecule has 5 heteroatoms. The van der Waals surface area contributed by atoms with Crippen molar-refractivity contribution < 1.29 is 9.53 Å². The number of ether oxygens (including phenoxy) is 1. The van der Waals surface area contributed by atoms with E-state index in [1.165, 1.54) is 0 Å². The Balaban J connectivity index is 1.52. The SMILES string of the molecule is COc1cccc(CCNC(=O)c2ccnc(NCc3ccccc3)c2)c1. The number of aromatic nitrogens is 1. The van der Waals surface area contributed by atoms with Gasteiger partial charge in [-0.15, -0.1) is 0 Å². The summed E-state index contributed by atoms with van der Waals surface area (Å²) in [6, 6.07) is 21.4. The molecule has 0 bridgehead atoms. The van der Waals surface area contributed by atoms with Gasteiger partial charge in [-0.3, -0.25) is 4.79 Å². The molecule has 0 atom stereocenters. The summed E-state index contributed by atoms with van der Waals surface area (Å²) < 4.78 is 5.22. The minimum atomic E-state index is -0.108. The number of anilines is 1. The number of methoxy groups -OCH3 is 1. The van der Waals surface area contributed by atoms with E-state index in [9.17, 15) is 4.79 Å². The summed E-state index contributed by atoms with van der Waals surface area (Å²) in [6.07, 6.45) is 2.39. The highest BCUT2D eigenvalue weighted by Gasteiger charge is 2.07. The summed E-state index contributed by atoms with van der Waals surface area (Å²) in [5, 5.41) is 6.20. The molecule has 5 nitrogen and oxygen atoms in total. The van der Waals surface area contributed by atoms with Gasteiger partial charge in [0.15, 0.2) is 0 Å². The van der Waals surface area contributed by atoms with Crippen LogP contribution in [0.4, 0.5) is 5.82 Å². The Morgan fingerprint density at radius 1 is 1.00 bits per heavy atom. The van der Waals surface area contributed by atoms with Crippen LogP contribution in [-0.4, -0.2) is 24.5 Å². The number of amides is 1. The van der Waals surface area contributed by atoms with Gasteiger partial charge in [0.25, 0.3) is 5.91 Å². The van der Waals surface area contributed by atoms with Crippen LogP contribution in [0.5, 0.6) is 5.75 Å². The van der Waals surface area contributed by atoms with Crippen molar-refractivity contribution in [3.05, 3.63) is 89.6 Å². The summed E-state index contributed by atoms with van der Waals surface area (Å²) in [6.45, 7) is 1.22. The van der Waals surface area contributed by atoms with E-state index in [2.05, 4.69) is 15.6 Å². The Morgan fingerprint density at radius 2 is 1.81 bits per heavy atom. The molecule has 0 saturated heterocycles. The Morgan fingerprint density at radius 3 is 2.63 bits per heavy atom. The van der Waals surface area contributed by atoms with Gasteiger partial charge in [0.1, 0.15) is 11.6 Å². The lowest BCUT2D eigenvalue weighted by Gasteiger charge is -2.09. The highest BCUT2D eigenvalue weighted by Crippen LogP contribution is 2.13. The minimum Gasteiger partial charge on any atom is -0.497 e. The average molecular weight is 361 g/mol. The molecule has 1 amide bonds. The zero-order chi connectivity index (χ0) is 18.9. The second-order valence-electron chi connectivity index (χ2n) is 6.13. The largest absolute Gasteiger partial charge is 0.497 e. The number of nitrogens with one attached hydrogen (secondary N) is 2. The standard InChI is InChI=1S/C22H23N3O2/c1-27-20-9-5-8-17(14-20)10-12-24-22(26)19-11-13-23-21(15-19)25-16-18-6-3-2-4-7-18/h2-9,11,13-15H,10,12,16H2,1H3,(H,23,25)(H,24,26). The first-order valence-electron chi connectivity index (χ1n) is 8.89. The van der Waals surface area contributed by atoms with Crippen LogP contribution in [0.1, 0.15) is 21.5 Å². The van der Waals surface area contributed by atoms with Crippen LogP contribution in [0, 0.1) is 0 Å². The minimum absolute atomic E-state index is 0.108. The maximum Gasteiger partial charge on any atom is 0.251 e. The van der Waals surface area contributed by atoms with Gasteiger partial charge in [0, 0.05) is 24.8 Å². The van der Waals surface area contributed by atoms with Crippen molar-refractivity contribution in [2.24, 2.45) is 0 Å². The molecule has 0 radical (unpaired) electrons. The average Bonchev–Trinajstić information content (AvgIpc) is 2.73. The molecule has 3 rings (SSSR count). The first-order valence-corrected chi connectivity index (χ1v) is 8.89. The van der Waals surface area contributed by atoms with Gasteiger partial charge in [0.2, 0.25) is 0 Å². The van der Waals surface area contributed by atoms with E-state index in [-0.39, 0.29) is 5.91 Å². The Bertz CT molecular complexity index is 881. The second kappa shape index (κ2) is 9.38. The van der Waals surface area contributed by atoms with Crippen LogP contribution in [0.3, 0.4) is 0 Å². The van der Waals surface area contributed by atoms with Gasteiger partial charge in [-0.05, 0) is 41.8 Å². The fraction of sp³-hybridized carbons (Fsp3) is 0.182. The van der Waals surface area contributed by atoms with Crippen molar-refractivity contribution in [1.82, 2.24) is 10.3 Å². The third-order valence-electron chi connectivity index (χ3n) is 4.17. The number of carbonyl (C=O) groups is 1. The zero-order valence-corrected chi connectivity index (χ0v) is 15.3. The van der Waals surface area contributed by atoms with E-state index in [0.717, 1.165) is 23.3 Å². The number of nitrogens with zero attached hydrogens (tertiary/aromatic N) is 1. The normalized spacial score (nSPS) is 10.3. The Kier molecular flexibility index (Phi) is 6.41. The molecule has 0 aliphatic heterocycles. The summed E-state index contributed by atoms with van der Waals surface area (Å²) in [5.41, 5.74) is 2.87. The fourth-order valence-corrected chi connectivity index (χ4v) is 2.71. The number of carbonyl (C=O) groups excluding carboxylic acids is 1. The predicted octanol–water partition coefficient (Wildman–Crippen LogP) is 3.67. The Labute approximate surface area is 159 Å². The number of rotatable bonds is 8. The van der Waals surface area contributed by atoms with Gasteiger partial charge < -0.3 is 15.4 Å². The molecule has 0 fully saturated rings. The molecule has 0 unspecified atom stereocenters. The van der Waals surface area contributed by atoms with Crippen LogP contribution in [0.15, 0.2) is 72.9 Å². The Hall–Kier alpha value is -3.34. The van der Waals surface area contributed by atoms with Crippen molar-refractivity contribution >= 4 is 11.7 Å². The maximum atomic E-state index is 12.4. The molecule has 0 aliphatic carbocycles. The molecule has 0 spiro atoms. The van der Waals surface area contributed by atoms with E-state index < -0.39 is 0 Å². The van der Waals surface area contributed by atoms with Crippen LogP contribution in [-0.2, 0) is 13.0 Å². The molecular weight excluding hydrogens is 338 g/mol. The van der Waals surface area contributed by atoms with Gasteiger partial charge >= 0.3 is 0 Å². The van der Waals surface area contributed by atoms with Gasteiger partial charge in [-0.25, -0.2) is 4.98 Å². The van der Waals surface area contributed by atoms with Crippen molar-refractivity contribution in [3.8, 4) is 5.75 Å². The van der Waals surface area contributed by atoms with E-state index in [4.69, 9.17) is 4.74 Å². The van der Waals surface area contributed by atoms with Crippen LogP contribution >= 0.6 is 0 Å². The summed E-state index contributed by atoms with van der Waals surface area (Å²) in [7, 11) is 1.65. The highest BCUT2D eigenvalue weighted by molar-refractivity contribution is 5.94. The van der Waals surface area contributed by atoms with E-state index in [1.54, 1.807) is 25.4 Å². The predicted molar refractivity (Wildman–Crippen MR) is 107 cm³/mol. The molecule has 27 heavy (non-hydrogen) atoms. The third-order valence-corrected chi connectivity index (χ3v) is 4.17. The maximum absolute atomic E-state index is 12.4. The number of hydrogen-bond acceptors (Lipinski definition) is 4. The third kappa shape index (κ3) is 5.57. The van der Waals surface area contributed by atoms with Crippen LogP contribution in [0.25, 0.3) is 0 Å². The summed E-state index contributed by atoms with van der Waals surface area (Å²) >= 11 is 0. The van der Waals surface area contributed by atoms with E-state index in [0.29, 0.717) is 24.5 Å². The molecule has 0 aliphatic rings. The first kappa shape index (κ1) is 18.5. The lowest BCUT2D eigenvalue weighted by molar-refractivity contribution is 0.0954. The van der Waals surface area contributed by atoms with Gasteiger partial charge in [-0.1, -0.05) is 42.5 Å². The lowest BCUT2D eigenvalue weighted by Crippen LogP contribution is -2.25. The smallest absolute Gasteiger partial charge is 0.251 e. The van der Waals surface area contributed by atoms with Crippen molar-refractivity contribution in [2.45, 2.75) is 13.0 Å². The fourth-order valence-electron chi connectivity index (χ4n) is 2.71. The molecule has 3 aromatic rings. The highest BCUT2D eigenvalue weighted by atomic mass is 16.5. The topological polar surface area (TPSA) is 63.2 Å². The molecule has 2 aromatic carbocycles. The molecule has 0 saturated carbocycles. The number of hydrogen-bond donors (Lipinski definition) is 2. The summed E-state index contributed by atoms with van der Waals surface area (Å²) in [4.78, 5) is 16.7. The van der Waals surface area contributed by atoms with Crippen molar-refractivity contribution in [2.75, 3.05) is 19.0 Å². The molecule has 1 heterocycles. The van der Waals surface area contributed by atoms with Crippen molar-refractivity contribution in [3.63, 3.8) is 0 Å². The quantitative estimate of drug-likeness (QED) is 0.642. The summed E-state index contributed by atoms with van der Waals surface area (Å²) in [5.74, 6) is 1.39.